The summed E-state index contributed by atoms with van der Waals surface area (Å²) < 4.78 is 32.2. The maximum atomic E-state index is 13.0. The van der Waals surface area contributed by atoms with E-state index in [9.17, 15) is 13.2 Å². The maximum Gasteiger partial charge on any atom is 0.253 e. The number of carbonyl (C=O) groups is 1. The van der Waals surface area contributed by atoms with Crippen molar-refractivity contribution < 1.29 is 17.9 Å². The third-order valence-electron chi connectivity index (χ3n) is 5.69. The summed E-state index contributed by atoms with van der Waals surface area (Å²) in [4.78, 5) is 22.5. The molecule has 1 amide bonds. The van der Waals surface area contributed by atoms with E-state index in [0.717, 1.165) is 23.9 Å². The molecule has 0 aliphatic carbocycles. The maximum absolute atomic E-state index is 13.0. The Kier molecular flexibility index (Phi) is 6.35. The number of H-pyrrole nitrogens is 1. The summed E-state index contributed by atoms with van der Waals surface area (Å²) >= 11 is 0. The third-order valence-corrected chi connectivity index (χ3v) is 7.15. The predicted octanol–water partition coefficient (Wildman–Crippen LogP) is 2.51. The lowest BCUT2D eigenvalue weighted by Crippen LogP contribution is -2.38. The molecule has 0 bridgehead atoms. The number of carbonyl (C=O) groups excluding carboxylic acids is 1. The summed E-state index contributed by atoms with van der Waals surface area (Å²) in [5, 5.41) is 1.13. The summed E-state index contributed by atoms with van der Waals surface area (Å²) in [6.45, 7) is 1.70. The zero-order valence-corrected chi connectivity index (χ0v) is 18.2. The molecule has 1 fully saturated rings. The van der Waals surface area contributed by atoms with Crippen molar-refractivity contribution >= 4 is 27.0 Å². The van der Waals surface area contributed by atoms with Crippen molar-refractivity contribution in [2.75, 3.05) is 33.4 Å². The Morgan fingerprint density at radius 2 is 2.06 bits per heavy atom. The summed E-state index contributed by atoms with van der Waals surface area (Å²) in [5.74, 6) is 0.215. The molecule has 1 aliphatic heterocycles. The molecule has 0 atom stereocenters. The Hall–Kier alpha value is -2.75. The van der Waals surface area contributed by atoms with Crippen molar-refractivity contribution in [1.82, 2.24) is 19.6 Å². The van der Waals surface area contributed by atoms with Gasteiger partial charge >= 0.3 is 0 Å². The van der Waals surface area contributed by atoms with Gasteiger partial charge in [0, 0.05) is 50.1 Å². The second kappa shape index (κ2) is 9.17. The van der Waals surface area contributed by atoms with Crippen LogP contribution in [0.15, 0.2) is 53.7 Å². The number of fused-ring (bicyclic) bond motifs is 1. The van der Waals surface area contributed by atoms with E-state index in [1.165, 1.54) is 24.8 Å². The lowest BCUT2D eigenvalue weighted by atomic mass is 9.89. The first-order valence-corrected chi connectivity index (χ1v) is 11.8. The minimum absolute atomic E-state index is 0.0793. The first-order chi connectivity index (χ1) is 15.0. The minimum Gasteiger partial charge on any atom is -0.383 e. The van der Waals surface area contributed by atoms with Crippen LogP contribution in [0.4, 0.5) is 0 Å². The molecular formula is C22H26N4O4S. The molecule has 8 nitrogen and oxygen atoms in total. The van der Waals surface area contributed by atoms with Crippen LogP contribution in [0, 0.1) is 0 Å². The highest BCUT2D eigenvalue weighted by atomic mass is 32.2. The van der Waals surface area contributed by atoms with E-state index in [1.807, 2.05) is 12.3 Å². The van der Waals surface area contributed by atoms with Gasteiger partial charge < -0.3 is 14.6 Å². The van der Waals surface area contributed by atoms with Gasteiger partial charge in [0.05, 0.1) is 11.5 Å². The number of piperidine rings is 1. The van der Waals surface area contributed by atoms with Gasteiger partial charge in [-0.25, -0.2) is 18.1 Å². The predicted molar refractivity (Wildman–Crippen MR) is 117 cm³/mol. The first-order valence-electron chi connectivity index (χ1n) is 10.3. The van der Waals surface area contributed by atoms with Gasteiger partial charge in [0.15, 0.2) is 0 Å². The number of aromatic amines is 1. The van der Waals surface area contributed by atoms with E-state index < -0.39 is 10.0 Å². The van der Waals surface area contributed by atoms with Crippen molar-refractivity contribution in [3.63, 3.8) is 0 Å². The van der Waals surface area contributed by atoms with E-state index in [-0.39, 0.29) is 24.0 Å². The molecule has 9 heteroatoms. The number of benzene rings is 1. The van der Waals surface area contributed by atoms with Crippen LogP contribution in [0.2, 0.25) is 0 Å². The van der Waals surface area contributed by atoms with Crippen molar-refractivity contribution in [1.29, 1.82) is 0 Å². The lowest BCUT2D eigenvalue weighted by molar-refractivity contribution is 0.0713. The zero-order valence-electron chi connectivity index (χ0n) is 17.4. The number of nitrogens with one attached hydrogen (secondary N) is 2. The molecule has 0 spiro atoms. The molecular weight excluding hydrogens is 416 g/mol. The molecule has 164 valence electrons. The molecule has 0 unspecified atom stereocenters. The average molecular weight is 443 g/mol. The number of aromatic nitrogens is 2. The number of hydrogen-bond acceptors (Lipinski definition) is 5. The fraction of sp³-hybridized carbons (Fsp3) is 0.364. The monoisotopic (exact) mass is 442 g/mol. The Bertz CT molecular complexity index is 1170. The summed E-state index contributed by atoms with van der Waals surface area (Å²) in [7, 11) is -2.18. The Labute approximate surface area is 181 Å². The number of methoxy groups -OCH3 is 1. The van der Waals surface area contributed by atoms with Gasteiger partial charge in [0.25, 0.3) is 5.91 Å². The molecule has 4 rings (SSSR count). The summed E-state index contributed by atoms with van der Waals surface area (Å²) in [6.07, 6.45) is 5.49. The average Bonchev–Trinajstić information content (AvgIpc) is 3.23. The Balaban J connectivity index is 1.43. The number of hydrogen-bond donors (Lipinski definition) is 2. The normalized spacial score (nSPS) is 15.5. The van der Waals surface area contributed by atoms with E-state index in [0.29, 0.717) is 24.6 Å². The fourth-order valence-electron chi connectivity index (χ4n) is 4.05. The molecule has 1 aromatic carbocycles. The van der Waals surface area contributed by atoms with E-state index in [1.54, 1.807) is 23.2 Å². The van der Waals surface area contributed by atoms with Gasteiger partial charge in [-0.15, -0.1) is 0 Å². The highest BCUT2D eigenvalue weighted by Crippen LogP contribution is 2.33. The van der Waals surface area contributed by atoms with Gasteiger partial charge in [0.2, 0.25) is 10.0 Å². The molecule has 0 saturated carbocycles. The van der Waals surface area contributed by atoms with Crippen LogP contribution in [0.1, 0.15) is 34.7 Å². The Morgan fingerprint density at radius 1 is 1.26 bits per heavy atom. The lowest BCUT2D eigenvalue weighted by Gasteiger charge is -2.32. The van der Waals surface area contributed by atoms with Gasteiger partial charge in [-0.3, -0.25) is 4.79 Å². The van der Waals surface area contributed by atoms with Crippen molar-refractivity contribution in [3.8, 4) is 0 Å². The van der Waals surface area contributed by atoms with Crippen LogP contribution in [-0.2, 0) is 14.8 Å². The van der Waals surface area contributed by atoms with E-state index in [2.05, 4.69) is 20.8 Å². The number of ether oxygens (including phenoxy) is 1. The van der Waals surface area contributed by atoms with Crippen LogP contribution in [-0.4, -0.2) is 62.5 Å². The molecule has 1 aliphatic rings. The molecule has 3 aromatic rings. The summed E-state index contributed by atoms with van der Waals surface area (Å²) in [6, 6.07) is 10.2. The molecule has 2 aromatic heterocycles. The quantitative estimate of drug-likeness (QED) is 0.547. The number of rotatable bonds is 7. The smallest absolute Gasteiger partial charge is 0.253 e. The number of nitrogens with zero attached hydrogens (tertiary/aromatic N) is 2. The number of sulfonamides is 1. The Morgan fingerprint density at radius 3 is 2.84 bits per heavy atom. The van der Waals surface area contributed by atoms with E-state index >= 15 is 0 Å². The number of likely N-dealkylation sites (tertiary alicyclic amines) is 1. The SMILES string of the molecule is COCCNS(=O)(=O)c1cccc(C(=O)N2CCC(c3c[nH]c4ncccc34)CC2)c1. The third kappa shape index (κ3) is 4.63. The largest absolute Gasteiger partial charge is 0.383 e. The highest BCUT2D eigenvalue weighted by Gasteiger charge is 2.27. The number of amides is 1. The molecule has 3 heterocycles. The van der Waals surface area contributed by atoms with Crippen LogP contribution < -0.4 is 4.72 Å². The molecule has 0 radical (unpaired) electrons. The first kappa shape index (κ1) is 21.5. The van der Waals surface area contributed by atoms with Crippen LogP contribution in [0.5, 0.6) is 0 Å². The molecule has 2 N–H and O–H groups in total. The van der Waals surface area contributed by atoms with Crippen LogP contribution >= 0.6 is 0 Å². The standard InChI is InChI=1S/C22H26N4O4S/c1-30-13-10-25-31(28,29)18-5-2-4-17(14-18)22(27)26-11-7-16(8-12-26)20-15-24-21-19(20)6-3-9-23-21/h2-6,9,14-16,25H,7-8,10-13H2,1H3,(H,23,24). The van der Waals surface area contributed by atoms with E-state index in [4.69, 9.17) is 4.74 Å². The van der Waals surface area contributed by atoms with Gasteiger partial charge in [-0.2, -0.15) is 0 Å². The topological polar surface area (TPSA) is 104 Å². The fourth-order valence-corrected chi connectivity index (χ4v) is 5.11. The van der Waals surface area contributed by atoms with Crippen LogP contribution in [0.3, 0.4) is 0 Å². The number of pyridine rings is 1. The van der Waals surface area contributed by atoms with Crippen molar-refractivity contribution in [3.05, 3.63) is 59.9 Å². The van der Waals surface area contributed by atoms with Crippen LogP contribution in [0.25, 0.3) is 11.0 Å². The second-order valence-corrected chi connectivity index (χ2v) is 9.40. The molecule has 1 saturated heterocycles. The van der Waals surface area contributed by atoms with Gasteiger partial charge in [-0.1, -0.05) is 6.07 Å². The summed E-state index contributed by atoms with van der Waals surface area (Å²) in [5.41, 5.74) is 2.50. The zero-order chi connectivity index (χ0) is 21.8. The van der Waals surface area contributed by atoms with Crippen molar-refractivity contribution in [2.24, 2.45) is 0 Å². The second-order valence-electron chi connectivity index (χ2n) is 7.63. The van der Waals surface area contributed by atoms with Crippen molar-refractivity contribution in [2.45, 2.75) is 23.7 Å². The van der Waals surface area contributed by atoms with Gasteiger partial charge in [0.1, 0.15) is 5.65 Å². The van der Waals surface area contributed by atoms with Gasteiger partial charge in [-0.05, 0) is 54.7 Å². The highest BCUT2D eigenvalue weighted by molar-refractivity contribution is 7.89. The molecule has 31 heavy (non-hydrogen) atoms. The minimum atomic E-state index is -3.69.